The molecule has 1 heterocycles. The number of aromatic amines is 1. The van der Waals surface area contributed by atoms with Crippen molar-refractivity contribution in [3.8, 4) is 0 Å². The summed E-state index contributed by atoms with van der Waals surface area (Å²) in [5.74, 6) is -1.03. The van der Waals surface area contributed by atoms with Crippen molar-refractivity contribution < 1.29 is 9.59 Å². The first-order valence-corrected chi connectivity index (χ1v) is 3.99. The molecule has 0 unspecified atom stereocenters. The SMILES string of the molecule is O=C1C=C(Br)c2[nH]ncc2C1=O. The van der Waals surface area contributed by atoms with Gasteiger partial charge in [0, 0.05) is 10.6 Å². The Morgan fingerprint density at radius 2 is 2.17 bits per heavy atom. The standard InChI is InChI=1S/C7H3BrN2O2/c8-4-1-5(11)7(12)3-2-9-10-6(3)4/h1-2H,(H,9,10). The monoisotopic (exact) mass is 226 g/mol. The Hall–Kier alpha value is -1.23. The normalized spacial score (nSPS) is 15.9. The summed E-state index contributed by atoms with van der Waals surface area (Å²) in [4.78, 5) is 22.1. The van der Waals surface area contributed by atoms with Crippen LogP contribution >= 0.6 is 15.9 Å². The number of aromatic nitrogens is 2. The van der Waals surface area contributed by atoms with Gasteiger partial charge in [-0.3, -0.25) is 14.7 Å². The van der Waals surface area contributed by atoms with Crippen LogP contribution in [0.1, 0.15) is 16.1 Å². The largest absolute Gasteiger partial charge is 0.286 e. The lowest BCUT2D eigenvalue weighted by Crippen LogP contribution is -2.16. The Morgan fingerprint density at radius 3 is 2.92 bits per heavy atom. The van der Waals surface area contributed by atoms with Crippen molar-refractivity contribution in [3.05, 3.63) is 23.5 Å². The maximum atomic E-state index is 11.1. The third-order valence-electron chi connectivity index (χ3n) is 1.60. The number of ketones is 2. The number of nitrogens with one attached hydrogen (secondary N) is 1. The molecule has 0 spiro atoms. The van der Waals surface area contributed by atoms with Crippen molar-refractivity contribution >= 4 is 32.0 Å². The van der Waals surface area contributed by atoms with Crippen LogP contribution in [0.2, 0.25) is 0 Å². The molecular weight excluding hydrogens is 224 g/mol. The minimum Gasteiger partial charge on any atom is -0.286 e. The van der Waals surface area contributed by atoms with Crippen molar-refractivity contribution in [2.75, 3.05) is 0 Å². The summed E-state index contributed by atoms with van der Waals surface area (Å²) in [5.41, 5.74) is 0.897. The number of carbonyl (C=O) groups excluding carboxylic acids is 2. The molecule has 1 aromatic rings. The Labute approximate surface area is 75.8 Å². The fourth-order valence-electron chi connectivity index (χ4n) is 1.03. The van der Waals surface area contributed by atoms with Gasteiger partial charge in [-0.2, -0.15) is 5.10 Å². The van der Waals surface area contributed by atoms with Crippen LogP contribution in [0.4, 0.5) is 0 Å². The van der Waals surface area contributed by atoms with E-state index in [1.807, 2.05) is 0 Å². The fourth-order valence-corrected chi connectivity index (χ4v) is 1.54. The number of hydrogen-bond donors (Lipinski definition) is 1. The molecule has 0 radical (unpaired) electrons. The maximum absolute atomic E-state index is 11.1. The smallest absolute Gasteiger partial charge is 0.236 e. The zero-order valence-corrected chi connectivity index (χ0v) is 7.38. The van der Waals surface area contributed by atoms with Gasteiger partial charge in [0.05, 0.1) is 17.5 Å². The minimum absolute atomic E-state index is 0.328. The Balaban J connectivity index is 2.70. The van der Waals surface area contributed by atoms with Gasteiger partial charge in [0.25, 0.3) is 0 Å². The van der Waals surface area contributed by atoms with Crippen LogP contribution in [0.5, 0.6) is 0 Å². The van der Waals surface area contributed by atoms with Crippen molar-refractivity contribution in [2.24, 2.45) is 0 Å². The van der Waals surface area contributed by atoms with Crippen molar-refractivity contribution in [1.82, 2.24) is 10.2 Å². The van der Waals surface area contributed by atoms with Crippen molar-refractivity contribution in [3.63, 3.8) is 0 Å². The summed E-state index contributed by atoms with van der Waals surface area (Å²) in [7, 11) is 0. The number of halogens is 1. The van der Waals surface area contributed by atoms with Gasteiger partial charge in [0.2, 0.25) is 11.6 Å². The van der Waals surface area contributed by atoms with Gasteiger partial charge < -0.3 is 0 Å². The molecule has 1 N–H and O–H groups in total. The summed E-state index contributed by atoms with van der Waals surface area (Å²) >= 11 is 3.15. The van der Waals surface area contributed by atoms with Crippen molar-refractivity contribution in [1.29, 1.82) is 0 Å². The number of nitrogens with zero attached hydrogens (tertiary/aromatic N) is 1. The lowest BCUT2D eigenvalue weighted by molar-refractivity contribution is -0.110. The fraction of sp³-hybridized carbons (Fsp3) is 0. The molecule has 1 aromatic heterocycles. The molecule has 0 amide bonds. The van der Waals surface area contributed by atoms with Crippen LogP contribution in [-0.4, -0.2) is 21.8 Å². The van der Waals surface area contributed by atoms with Crippen LogP contribution in [0.3, 0.4) is 0 Å². The Bertz CT molecular complexity index is 405. The van der Waals surface area contributed by atoms with Gasteiger partial charge >= 0.3 is 0 Å². The molecule has 0 bridgehead atoms. The molecule has 0 saturated heterocycles. The number of Topliss-reactive ketones (excluding diaryl/α,β-unsaturated/α-hetero) is 1. The second-order valence-corrected chi connectivity index (χ2v) is 3.20. The number of hydrogen-bond acceptors (Lipinski definition) is 3. The van der Waals surface area contributed by atoms with E-state index in [-0.39, 0.29) is 0 Å². The minimum atomic E-state index is -0.518. The van der Waals surface area contributed by atoms with E-state index in [9.17, 15) is 9.59 Å². The lowest BCUT2D eigenvalue weighted by atomic mass is 10.0. The zero-order chi connectivity index (χ0) is 8.72. The molecule has 60 valence electrons. The molecule has 0 saturated carbocycles. The van der Waals surface area contributed by atoms with Gasteiger partial charge in [-0.25, -0.2) is 0 Å². The topological polar surface area (TPSA) is 62.8 Å². The molecule has 12 heavy (non-hydrogen) atoms. The van der Waals surface area contributed by atoms with Gasteiger partial charge in [-0.05, 0) is 15.9 Å². The van der Waals surface area contributed by atoms with Crippen LogP contribution in [0.15, 0.2) is 12.3 Å². The number of allylic oxidation sites excluding steroid dienone is 1. The van der Waals surface area contributed by atoms with Crippen LogP contribution in [-0.2, 0) is 4.79 Å². The van der Waals surface area contributed by atoms with E-state index in [1.54, 1.807) is 0 Å². The predicted molar refractivity (Wildman–Crippen MR) is 44.8 cm³/mol. The molecule has 0 aliphatic heterocycles. The van der Waals surface area contributed by atoms with Crippen molar-refractivity contribution in [2.45, 2.75) is 0 Å². The second-order valence-electron chi connectivity index (χ2n) is 2.34. The molecule has 1 aliphatic carbocycles. The summed E-state index contributed by atoms with van der Waals surface area (Å²) in [6.07, 6.45) is 2.59. The molecule has 4 nitrogen and oxygen atoms in total. The number of carbonyl (C=O) groups is 2. The zero-order valence-electron chi connectivity index (χ0n) is 5.80. The number of rotatable bonds is 0. The molecule has 1 aliphatic rings. The van der Waals surface area contributed by atoms with E-state index in [2.05, 4.69) is 26.1 Å². The predicted octanol–water partition coefficient (Wildman–Crippen LogP) is 0.911. The average Bonchev–Trinajstić information content (AvgIpc) is 2.48. The third kappa shape index (κ3) is 0.863. The second kappa shape index (κ2) is 2.38. The highest BCUT2D eigenvalue weighted by atomic mass is 79.9. The van der Waals surface area contributed by atoms with E-state index in [0.29, 0.717) is 15.7 Å². The summed E-state index contributed by atoms with van der Waals surface area (Å²) in [6, 6.07) is 0. The van der Waals surface area contributed by atoms with Crippen LogP contribution < -0.4 is 0 Å². The highest BCUT2D eigenvalue weighted by Crippen LogP contribution is 2.26. The van der Waals surface area contributed by atoms with Gasteiger partial charge in [0.1, 0.15) is 0 Å². The maximum Gasteiger partial charge on any atom is 0.236 e. The highest BCUT2D eigenvalue weighted by molar-refractivity contribution is 9.15. The molecule has 0 aromatic carbocycles. The highest BCUT2D eigenvalue weighted by Gasteiger charge is 2.26. The third-order valence-corrected chi connectivity index (χ3v) is 2.23. The quantitative estimate of drug-likeness (QED) is 0.670. The first-order chi connectivity index (χ1) is 5.70. The Morgan fingerprint density at radius 1 is 1.42 bits per heavy atom. The van der Waals surface area contributed by atoms with Gasteiger partial charge in [-0.15, -0.1) is 0 Å². The average molecular weight is 227 g/mol. The van der Waals surface area contributed by atoms with Gasteiger partial charge in [-0.1, -0.05) is 0 Å². The molecule has 0 fully saturated rings. The lowest BCUT2D eigenvalue weighted by Gasteiger charge is -2.04. The van der Waals surface area contributed by atoms with Crippen LogP contribution in [0, 0.1) is 0 Å². The molecule has 5 heteroatoms. The van der Waals surface area contributed by atoms with Gasteiger partial charge in [0.15, 0.2) is 0 Å². The van der Waals surface area contributed by atoms with Crippen LogP contribution in [0.25, 0.3) is 4.48 Å². The van der Waals surface area contributed by atoms with E-state index >= 15 is 0 Å². The first-order valence-electron chi connectivity index (χ1n) is 3.20. The number of H-pyrrole nitrogens is 1. The van der Waals surface area contributed by atoms with E-state index in [4.69, 9.17) is 0 Å². The molecule has 0 atom stereocenters. The summed E-state index contributed by atoms with van der Waals surface area (Å²) in [6.45, 7) is 0. The Kier molecular flexibility index (Phi) is 1.47. The van der Waals surface area contributed by atoms with E-state index in [1.165, 1.54) is 12.3 Å². The molecular formula is C7H3BrN2O2. The first kappa shape index (κ1) is 7.42. The number of fused-ring (bicyclic) bond motifs is 1. The van der Waals surface area contributed by atoms with E-state index in [0.717, 1.165) is 0 Å². The summed E-state index contributed by atoms with van der Waals surface area (Å²) < 4.78 is 0.569. The molecule has 2 rings (SSSR count). The summed E-state index contributed by atoms with van der Waals surface area (Å²) in [5, 5.41) is 6.29. The van der Waals surface area contributed by atoms with E-state index < -0.39 is 11.6 Å².